The van der Waals surface area contributed by atoms with E-state index in [-0.39, 0.29) is 29.7 Å². The van der Waals surface area contributed by atoms with Crippen molar-refractivity contribution in [1.29, 1.82) is 0 Å². The zero-order valence-corrected chi connectivity index (χ0v) is 19.4. The van der Waals surface area contributed by atoms with Gasteiger partial charge in [-0.3, -0.25) is 9.59 Å². The summed E-state index contributed by atoms with van der Waals surface area (Å²) < 4.78 is 5.11. The number of carbonyl (C=O) groups is 2. The summed E-state index contributed by atoms with van der Waals surface area (Å²) in [6.07, 6.45) is 13.5. The molecule has 1 saturated carbocycles. The van der Waals surface area contributed by atoms with Crippen LogP contribution in [0.25, 0.3) is 0 Å². The summed E-state index contributed by atoms with van der Waals surface area (Å²) in [4.78, 5) is 23.7. The topological polar surface area (TPSA) is 83.8 Å². The summed E-state index contributed by atoms with van der Waals surface area (Å²) in [7, 11) is 0. The van der Waals surface area contributed by atoms with Gasteiger partial charge in [0.05, 0.1) is 18.3 Å². The van der Waals surface area contributed by atoms with Gasteiger partial charge >= 0.3 is 5.97 Å². The minimum atomic E-state index is -0.526. The van der Waals surface area contributed by atoms with Gasteiger partial charge < -0.3 is 14.9 Å². The normalized spacial score (nSPS) is 24.1. The van der Waals surface area contributed by atoms with Gasteiger partial charge in [0.15, 0.2) is 0 Å². The van der Waals surface area contributed by atoms with E-state index in [4.69, 9.17) is 4.74 Å². The zero-order valence-electron chi connectivity index (χ0n) is 19.4. The van der Waals surface area contributed by atoms with Crippen LogP contribution in [0, 0.1) is 11.8 Å². The van der Waals surface area contributed by atoms with Gasteiger partial charge in [0.2, 0.25) is 0 Å². The summed E-state index contributed by atoms with van der Waals surface area (Å²) in [5.74, 6) is 0.0970. The fourth-order valence-corrected chi connectivity index (χ4v) is 4.34. The first kappa shape index (κ1) is 26.8. The van der Waals surface area contributed by atoms with Crippen molar-refractivity contribution in [3.05, 3.63) is 12.2 Å². The maximum Gasteiger partial charge on any atom is 0.306 e. The summed E-state index contributed by atoms with van der Waals surface area (Å²) in [5, 5.41) is 20.7. The SMILES string of the molecule is CCCCCCCC(=O)CC[C@@H]1[C@@H](C/C=C/CCCC(=O)OC(C)C)[C@@H](O)C[C@H]1O. The van der Waals surface area contributed by atoms with E-state index in [1.165, 1.54) is 19.3 Å². The third-order valence-electron chi connectivity index (χ3n) is 6.03. The van der Waals surface area contributed by atoms with E-state index in [0.29, 0.717) is 38.5 Å². The smallest absolute Gasteiger partial charge is 0.306 e. The number of Topliss-reactive ketones (excluding diaryl/α,β-unsaturated/α-hetero) is 1. The standard InChI is InChI=1S/C25H44O5/c1-4-5-6-7-10-13-20(26)16-17-22-21(23(27)18-24(22)28)14-11-8-9-12-15-25(29)30-19(2)3/h8,11,19,21-24,27-28H,4-7,9-10,12-18H2,1-3H3/b11-8+/t21-,22-,23+,24-/m1/s1. The van der Waals surface area contributed by atoms with E-state index < -0.39 is 12.2 Å². The van der Waals surface area contributed by atoms with E-state index in [1.807, 2.05) is 26.0 Å². The predicted octanol–water partition coefficient (Wildman–Crippen LogP) is 5.12. The van der Waals surface area contributed by atoms with Crippen molar-refractivity contribution in [2.24, 2.45) is 11.8 Å². The zero-order chi connectivity index (χ0) is 22.4. The highest BCUT2D eigenvalue weighted by Gasteiger charge is 2.40. The number of esters is 1. The van der Waals surface area contributed by atoms with Crippen LogP contribution in [0.2, 0.25) is 0 Å². The number of carbonyl (C=O) groups excluding carboxylic acids is 2. The van der Waals surface area contributed by atoms with Crippen LogP contribution in [-0.2, 0) is 14.3 Å². The molecule has 0 aromatic carbocycles. The van der Waals surface area contributed by atoms with Crippen LogP contribution in [0.5, 0.6) is 0 Å². The van der Waals surface area contributed by atoms with Crippen LogP contribution in [0.15, 0.2) is 12.2 Å². The monoisotopic (exact) mass is 424 g/mol. The van der Waals surface area contributed by atoms with Crippen LogP contribution in [0.4, 0.5) is 0 Å². The first-order valence-corrected chi connectivity index (χ1v) is 12.1. The molecule has 0 spiro atoms. The van der Waals surface area contributed by atoms with Crippen molar-refractivity contribution in [2.45, 2.75) is 123 Å². The Balaban J connectivity index is 2.30. The molecule has 1 aliphatic rings. The molecule has 4 atom stereocenters. The van der Waals surface area contributed by atoms with Gasteiger partial charge in [0.25, 0.3) is 0 Å². The molecule has 0 saturated heterocycles. The second-order valence-corrected chi connectivity index (χ2v) is 9.08. The first-order valence-electron chi connectivity index (χ1n) is 12.1. The molecule has 174 valence electrons. The Morgan fingerprint density at radius 1 is 0.933 bits per heavy atom. The molecule has 0 bridgehead atoms. The molecule has 1 rings (SSSR count). The summed E-state index contributed by atoms with van der Waals surface area (Å²) >= 11 is 0. The van der Waals surface area contributed by atoms with Crippen molar-refractivity contribution in [1.82, 2.24) is 0 Å². The number of aliphatic hydroxyl groups excluding tert-OH is 2. The highest BCUT2D eigenvalue weighted by atomic mass is 16.5. The van der Waals surface area contributed by atoms with Gasteiger partial charge in [-0.15, -0.1) is 0 Å². The summed E-state index contributed by atoms with van der Waals surface area (Å²) in [6.45, 7) is 5.87. The maximum atomic E-state index is 12.2. The molecule has 30 heavy (non-hydrogen) atoms. The predicted molar refractivity (Wildman–Crippen MR) is 120 cm³/mol. The molecule has 0 amide bonds. The lowest BCUT2D eigenvalue weighted by atomic mass is 9.86. The number of rotatable bonds is 16. The molecule has 0 heterocycles. The molecule has 2 N–H and O–H groups in total. The maximum absolute atomic E-state index is 12.2. The Labute approximate surface area is 183 Å². The fourth-order valence-electron chi connectivity index (χ4n) is 4.34. The van der Waals surface area contributed by atoms with Gasteiger partial charge in [-0.1, -0.05) is 44.8 Å². The van der Waals surface area contributed by atoms with E-state index in [1.54, 1.807) is 0 Å². The van der Waals surface area contributed by atoms with Gasteiger partial charge in [-0.2, -0.15) is 0 Å². The van der Waals surface area contributed by atoms with E-state index in [0.717, 1.165) is 25.7 Å². The largest absolute Gasteiger partial charge is 0.463 e. The Bertz CT molecular complexity index is 514. The lowest BCUT2D eigenvalue weighted by molar-refractivity contribution is -0.147. The van der Waals surface area contributed by atoms with Crippen LogP contribution in [-0.4, -0.2) is 40.3 Å². The lowest BCUT2D eigenvalue weighted by Gasteiger charge is -2.22. The number of ketones is 1. The van der Waals surface area contributed by atoms with Gasteiger partial charge in [0, 0.05) is 19.3 Å². The average molecular weight is 425 g/mol. The first-order chi connectivity index (χ1) is 14.3. The number of unbranched alkanes of at least 4 members (excludes halogenated alkanes) is 5. The van der Waals surface area contributed by atoms with Crippen molar-refractivity contribution in [3.8, 4) is 0 Å². The number of hydrogen-bond donors (Lipinski definition) is 2. The average Bonchev–Trinajstić information content (AvgIpc) is 2.94. The quantitative estimate of drug-likeness (QED) is 0.204. The number of hydrogen-bond acceptors (Lipinski definition) is 5. The number of allylic oxidation sites excluding steroid dienone is 2. The lowest BCUT2D eigenvalue weighted by Crippen LogP contribution is -2.22. The third-order valence-corrected chi connectivity index (χ3v) is 6.03. The molecule has 0 aliphatic heterocycles. The van der Waals surface area contributed by atoms with Crippen LogP contribution in [0.1, 0.15) is 104 Å². The number of ether oxygens (including phenoxy) is 1. The van der Waals surface area contributed by atoms with Crippen molar-refractivity contribution < 1.29 is 24.5 Å². The molecular weight excluding hydrogens is 380 g/mol. The van der Waals surface area contributed by atoms with Crippen molar-refractivity contribution in [2.75, 3.05) is 0 Å². The van der Waals surface area contributed by atoms with Crippen molar-refractivity contribution in [3.63, 3.8) is 0 Å². The molecule has 0 aromatic heterocycles. The van der Waals surface area contributed by atoms with Gasteiger partial charge in [-0.05, 0) is 64.2 Å². The Hall–Kier alpha value is -1.20. The second kappa shape index (κ2) is 15.6. The molecule has 5 heteroatoms. The van der Waals surface area contributed by atoms with Gasteiger partial charge in [-0.25, -0.2) is 0 Å². The van der Waals surface area contributed by atoms with E-state index in [9.17, 15) is 19.8 Å². The number of aliphatic hydroxyl groups is 2. The molecule has 1 aliphatic carbocycles. The van der Waals surface area contributed by atoms with Gasteiger partial charge in [0.1, 0.15) is 5.78 Å². The van der Waals surface area contributed by atoms with E-state index in [2.05, 4.69) is 6.92 Å². The Morgan fingerprint density at radius 2 is 1.63 bits per heavy atom. The van der Waals surface area contributed by atoms with Crippen molar-refractivity contribution >= 4 is 11.8 Å². The van der Waals surface area contributed by atoms with Crippen LogP contribution < -0.4 is 0 Å². The molecule has 1 fully saturated rings. The molecule has 5 nitrogen and oxygen atoms in total. The highest BCUT2D eigenvalue weighted by Crippen LogP contribution is 2.38. The molecule has 0 unspecified atom stereocenters. The Morgan fingerprint density at radius 3 is 2.33 bits per heavy atom. The molecule has 0 aromatic rings. The Kier molecular flexibility index (Phi) is 13.9. The molecule has 0 radical (unpaired) electrons. The third kappa shape index (κ3) is 11.3. The minimum Gasteiger partial charge on any atom is -0.463 e. The fraction of sp³-hybridized carbons (Fsp3) is 0.840. The summed E-state index contributed by atoms with van der Waals surface area (Å²) in [5.41, 5.74) is 0. The van der Waals surface area contributed by atoms with Crippen LogP contribution >= 0.6 is 0 Å². The minimum absolute atomic E-state index is 0.000453. The summed E-state index contributed by atoms with van der Waals surface area (Å²) in [6, 6.07) is 0. The highest BCUT2D eigenvalue weighted by molar-refractivity contribution is 5.78. The van der Waals surface area contributed by atoms with Crippen LogP contribution in [0.3, 0.4) is 0 Å². The second-order valence-electron chi connectivity index (χ2n) is 9.08. The van der Waals surface area contributed by atoms with E-state index >= 15 is 0 Å². The molecular formula is C25H44O5.